The predicted octanol–water partition coefficient (Wildman–Crippen LogP) is 3.80. The van der Waals surface area contributed by atoms with Gasteiger partial charge in [-0.15, -0.1) is 5.10 Å². The highest BCUT2D eigenvalue weighted by Crippen LogP contribution is 2.24. The Morgan fingerprint density at radius 3 is 2.81 bits per heavy atom. The zero-order valence-electron chi connectivity index (χ0n) is 16.2. The Kier molecular flexibility index (Phi) is 6.63. The summed E-state index contributed by atoms with van der Waals surface area (Å²) in [5, 5.41) is 16.8. The Morgan fingerprint density at radius 2 is 2.11 bits per heavy atom. The summed E-state index contributed by atoms with van der Waals surface area (Å²) in [5.41, 5.74) is 2.15. The van der Waals surface area contributed by atoms with Gasteiger partial charge in [-0.1, -0.05) is 32.5 Å². The van der Waals surface area contributed by atoms with Gasteiger partial charge in [-0.2, -0.15) is 0 Å². The van der Waals surface area contributed by atoms with Crippen LogP contribution < -0.4 is 5.32 Å². The number of rotatable bonds is 9. The van der Waals surface area contributed by atoms with Crippen molar-refractivity contribution < 1.29 is 4.42 Å². The second kappa shape index (κ2) is 9.14. The van der Waals surface area contributed by atoms with E-state index in [9.17, 15) is 0 Å². The average Bonchev–Trinajstić information content (AvgIpc) is 3.32. The third kappa shape index (κ3) is 4.75. The molecule has 1 atom stereocenters. The van der Waals surface area contributed by atoms with E-state index in [4.69, 9.17) is 4.42 Å². The van der Waals surface area contributed by atoms with Gasteiger partial charge < -0.3 is 4.42 Å². The summed E-state index contributed by atoms with van der Waals surface area (Å²) in [6, 6.07) is 7.99. The minimum atomic E-state index is -0.144. The van der Waals surface area contributed by atoms with Crippen molar-refractivity contribution in [2.75, 3.05) is 6.26 Å². The van der Waals surface area contributed by atoms with Crippen LogP contribution in [0.15, 0.2) is 40.0 Å². The van der Waals surface area contributed by atoms with E-state index in [0.717, 1.165) is 40.9 Å². The molecule has 3 rings (SSSR count). The molecule has 0 saturated carbocycles. The fourth-order valence-corrected chi connectivity index (χ4v) is 3.27. The van der Waals surface area contributed by atoms with Gasteiger partial charge in [0, 0.05) is 18.4 Å². The van der Waals surface area contributed by atoms with Gasteiger partial charge in [0.1, 0.15) is 5.76 Å². The third-order valence-corrected chi connectivity index (χ3v) is 4.92. The van der Waals surface area contributed by atoms with Crippen molar-refractivity contribution in [1.29, 1.82) is 0 Å². The van der Waals surface area contributed by atoms with Gasteiger partial charge in [-0.25, -0.2) is 4.68 Å². The van der Waals surface area contributed by atoms with Crippen LogP contribution in [-0.4, -0.2) is 31.4 Å². The molecule has 3 heterocycles. The standard InChI is InChI=1S/C19H26N6OS/c1-5-10-25-19(22-23-24-25)18(14-8-9-20-16(11-14)13(2)3)21-12-15-6-7-17(26-15)27-4/h6-9,11,13,18,21H,5,10,12H2,1-4H3. The van der Waals surface area contributed by atoms with Gasteiger partial charge in [0.15, 0.2) is 10.9 Å². The summed E-state index contributed by atoms with van der Waals surface area (Å²) < 4.78 is 7.67. The highest BCUT2D eigenvalue weighted by Gasteiger charge is 2.22. The Labute approximate surface area is 164 Å². The highest BCUT2D eigenvalue weighted by molar-refractivity contribution is 7.98. The number of thioether (sulfide) groups is 1. The topological polar surface area (TPSA) is 81.7 Å². The van der Waals surface area contributed by atoms with E-state index in [-0.39, 0.29) is 6.04 Å². The number of aromatic nitrogens is 5. The monoisotopic (exact) mass is 386 g/mol. The Morgan fingerprint density at radius 1 is 1.26 bits per heavy atom. The second-order valence-corrected chi connectivity index (χ2v) is 7.48. The molecular weight excluding hydrogens is 360 g/mol. The lowest BCUT2D eigenvalue weighted by Crippen LogP contribution is -2.26. The molecule has 27 heavy (non-hydrogen) atoms. The van der Waals surface area contributed by atoms with E-state index >= 15 is 0 Å². The molecule has 144 valence electrons. The summed E-state index contributed by atoms with van der Waals surface area (Å²) >= 11 is 1.59. The Hall–Kier alpha value is -2.19. The SMILES string of the molecule is CCCn1nnnc1C(NCc1ccc(SC)o1)c1ccnc(C(C)C)c1. The van der Waals surface area contributed by atoms with Gasteiger partial charge in [0.25, 0.3) is 0 Å². The maximum atomic E-state index is 5.81. The third-order valence-electron chi connectivity index (χ3n) is 4.30. The summed E-state index contributed by atoms with van der Waals surface area (Å²) in [7, 11) is 0. The molecule has 0 radical (unpaired) electrons. The number of furan rings is 1. The van der Waals surface area contributed by atoms with Gasteiger partial charge in [0.2, 0.25) is 0 Å². The molecule has 7 nitrogen and oxygen atoms in total. The van der Waals surface area contributed by atoms with Crippen LogP contribution in [0.1, 0.15) is 62.0 Å². The van der Waals surface area contributed by atoms with E-state index < -0.39 is 0 Å². The molecule has 3 aromatic rings. The first kappa shape index (κ1) is 19.6. The van der Waals surface area contributed by atoms with Crippen LogP contribution in [0.2, 0.25) is 0 Å². The minimum Gasteiger partial charge on any atom is -0.454 e. The fourth-order valence-electron chi connectivity index (χ4n) is 2.87. The lowest BCUT2D eigenvalue weighted by atomic mass is 10.0. The van der Waals surface area contributed by atoms with E-state index in [1.54, 1.807) is 11.8 Å². The molecule has 1 unspecified atom stereocenters. The van der Waals surface area contributed by atoms with Crippen molar-refractivity contribution in [3.05, 3.63) is 53.3 Å². The van der Waals surface area contributed by atoms with Crippen LogP contribution in [0.4, 0.5) is 0 Å². The minimum absolute atomic E-state index is 0.144. The zero-order chi connectivity index (χ0) is 19.2. The normalized spacial score (nSPS) is 12.6. The van der Waals surface area contributed by atoms with Gasteiger partial charge in [0.05, 0.1) is 12.6 Å². The van der Waals surface area contributed by atoms with Crippen molar-refractivity contribution in [1.82, 2.24) is 30.5 Å². The molecule has 0 aliphatic heterocycles. The van der Waals surface area contributed by atoms with E-state index in [1.165, 1.54) is 0 Å². The van der Waals surface area contributed by atoms with E-state index in [1.807, 2.05) is 35.3 Å². The lowest BCUT2D eigenvalue weighted by molar-refractivity contribution is 0.403. The van der Waals surface area contributed by atoms with Gasteiger partial charge >= 0.3 is 0 Å². The maximum Gasteiger partial charge on any atom is 0.172 e. The Bertz CT molecular complexity index is 859. The average molecular weight is 387 g/mol. The van der Waals surface area contributed by atoms with Crippen LogP contribution in [-0.2, 0) is 13.1 Å². The number of pyridine rings is 1. The number of hydrogen-bond donors (Lipinski definition) is 1. The molecule has 0 aliphatic carbocycles. The quantitative estimate of drug-likeness (QED) is 0.560. The number of aryl methyl sites for hydroxylation is 1. The molecule has 0 aromatic carbocycles. The number of nitrogens with one attached hydrogen (secondary N) is 1. The highest BCUT2D eigenvalue weighted by atomic mass is 32.2. The lowest BCUT2D eigenvalue weighted by Gasteiger charge is -2.19. The smallest absolute Gasteiger partial charge is 0.172 e. The molecule has 8 heteroatoms. The van der Waals surface area contributed by atoms with Crippen LogP contribution in [0.5, 0.6) is 0 Å². The summed E-state index contributed by atoms with van der Waals surface area (Å²) in [6.45, 7) is 7.76. The van der Waals surface area contributed by atoms with Gasteiger partial charge in [-0.3, -0.25) is 10.3 Å². The summed E-state index contributed by atoms with van der Waals surface area (Å²) in [6.07, 6.45) is 4.82. The largest absolute Gasteiger partial charge is 0.454 e. The number of nitrogens with zero attached hydrogens (tertiary/aromatic N) is 5. The molecule has 0 fully saturated rings. The van der Waals surface area contributed by atoms with E-state index in [0.29, 0.717) is 12.5 Å². The van der Waals surface area contributed by atoms with Crippen LogP contribution >= 0.6 is 11.8 Å². The molecule has 3 aromatic heterocycles. The second-order valence-electron chi connectivity index (χ2n) is 6.67. The number of tetrazole rings is 1. The summed E-state index contributed by atoms with van der Waals surface area (Å²) in [4.78, 5) is 4.49. The fraction of sp³-hybridized carbons (Fsp3) is 0.474. The van der Waals surface area contributed by atoms with Crippen LogP contribution in [0.3, 0.4) is 0 Å². The summed E-state index contributed by atoms with van der Waals surface area (Å²) in [5.74, 6) is 2.04. The molecule has 0 aliphatic rings. The zero-order valence-corrected chi connectivity index (χ0v) is 17.0. The number of hydrogen-bond acceptors (Lipinski definition) is 7. The maximum absolute atomic E-state index is 5.81. The Balaban J connectivity index is 1.90. The van der Waals surface area contributed by atoms with E-state index in [2.05, 4.69) is 52.7 Å². The van der Waals surface area contributed by atoms with Gasteiger partial charge in [-0.05, 0) is 58.9 Å². The molecule has 0 saturated heterocycles. The predicted molar refractivity (Wildman–Crippen MR) is 106 cm³/mol. The molecule has 1 N–H and O–H groups in total. The first-order chi connectivity index (χ1) is 13.1. The molecular formula is C19H26N6OS. The first-order valence-corrected chi connectivity index (χ1v) is 10.4. The first-order valence-electron chi connectivity index (χ1n) is 9.20. The van der Waals surface area contributed by atoms with Crippen LogP contribution in [0.25, 0.3) is 0 Å². The molecule has 0 amide bonds. The van der Waals surface area contributed by atoms with Crippen molar-refractivity contribution in [3.63, 3.8) is 0 Å². The van der Waals surface area contributed by atoms with Crippen molar-refractivity contribution in [2.24, 2.45) is 0 Å². The van der Waals surface area contributed by atoms with Crippen molar-refractivity contribution >= 4 is 11.8 Å². The van der Waals surface area contributed by atoms with Crippen LogP contribution in [0, 0.1) is 0 Å². The van der Waals surface area contributed by atoms with Crippen molar-refractivity contribution in [3.8, 4) is 0 Å². The van der Waals surface area contributed by atoms with Crippen molar-refractivity contribution in [2.45, 2.75) is 57.3 Å². The molecule has 0 spiro atoms. The molecule has 0 bridgehead atoms.